The molecule has 1 fully saturated rings. The minimum atomic E-state index is -4.51. The predicted octanol–water partition coefficient (Wildman–Crippen LogP) is 2.69. The molecule has 24 heavy (non-hydrogen) atoms. The summed E-state index contributed by atoms with van der Waals surface area (Å²) in [6, 6.07) is 4.28. The van der Waals surface area contributed by atoms with E-state index in [-0.39, 0.29) is 18.7 Å². The summed E-state index contributed by atoms with van der Waals surface area (Å²) in [5, 5.41) is 20.0. The summed E-state index contributed by atoms with van der Waals surface area (Å²) < 4.78 is 38.3. The highest BCUT2D eigenvalue weighted by atomic mass is 19.4. The van der Waals surface area contributed by atoms with Crippen LogP contribution >= 0.6 is 0 Å². The first-order chi connectivity index (χ1) is 11.2. The summed E-state index contributed by atoms with van der Waals surface area (Å²) in [7, 11) is 0. The number of benzene rings is 1. The van der Waals surface area contributed by atoms with E-state index in [0.717, 1.165) is 18.6 Å². The van der Waals surface area contributed by atoms with Gasteiger partial charge in [0.25, 0.3) is 5.91 Å². The van der Waals surface area contributed by atoms with E-state index in [2.05, 4.69) is 0 Å². The monoisotopic (exact) mass is 345 g/mol. The number of likely N-dealkylation sites (tertiary alicyclic amines) is 1. The van der Waals surface area contributed by atoms with Gasteiger partial charge in [-0.05, 0) is 31.0 Å². The van der Waals surface area contributed by atoms with E-state index in [4.69, 9.17) is 0 Å². The maximum absolute atomic E-state index is 12.8. The fourth-order valence-corrected chi connectivity index (χ4v) is 3.27. The molecule has 0 saturated carbocycles. The van der Waals surface area contributed by atoms with Gasteiger partial charge < -0.3 is 15.1 Å². The first kappa shape index (κ1) is 18.7. The standard InChI is InChI=1S/C17H22F3NO3/c1-2-6-16(11-22)7-8-21(10-14(16)23)15(24)12-4-3-5-13(9-12)17(18,19)20/h3-5,9,14,22-23H,2,6-8,10-11H2,1H3/t14-,16+/m0/s1. The van der Waals surface area contributed by atoms with Crippen LogP contribution in [0.25, 0.3) is 0 Å². The minimum Gasteiger partial charge on any atom is -0.396 e. The third-order valence-electron chi connectivity index (χ3n) is 4.77. The van der Waals surface area contributed by atoms with Gasteiger partial charge in [0.15, 0.2) is 0 Å². The van der Waals surface area contributed by atoms with Crippen LogP contribution in [0.15, 0.2) is 24.3 Å². The maximum atomic E-state index is 12.8. The Morgan fingerprint density at radius 2 is 2.12 bits per heavy atom. The van der Waals surface area contributed by atoms with E-state index in [1.54, 1.807) is 0 Å². The lowest BCUT2D eigenvalue weighted by Crippen LogP contribution is -2.54. The van der Waals surface area contributed by atoms with Crippen molar-refractivity contribution in [2.75, 3.05) is 19.7 Å². The van der Waals surface area contributed by atoms with Gasteiger partial charge in [0.1, 0.15) is 0 Å². The van der Waals surface area contributed by atoms with Gasteiger partial charge in [-0.15, -0.1) is 0 Å². The van der Waals surface area contributed by atoms with E-state index in [1.165, 1.54) is 17.0 Å². The second-order valence-electron chi connectivity index (χ2n) is 6.37. The number of β-amino-alcohol motifs (C(OH)–C–C–N with tert-alkyl or cyclic N) is 1. The molecule has 0 unspecified atom stereocenters. The van der Waals surface area contributed by atoms with Crippen LogP contribution in [0.1, 0.15) is 42.1 Å². The molecule has 1 amide bonds. The van der Waals surface area contributed by atoms with Crippen LogP contribution in [0.2, 0.25) is 0 Å². The zero-order valence-corrected chi connectivity index (χ0v) is 13.5. The lowest BCUT2D eigenvalue weighted by Gasteiger charge is -2.44. The Balaban J connectivity index is 2.15. The summed E-state index contributed by atoms with van der Waals surface area (Å²) in [5.41, 5.74) is -1.56. The molecule has 1 heterocycles. The van der Waals surface area contributed by atoms with Crippen LogP contribution < -0.4 is 0 Å². The normalized spacial score (nSPS) is 24.9. The number of aliphatic hydroxyl groups excluding tert-OH is 2. The summed E-state index contributed by atoms with van der Waals surface area (Å²) in [5.74, 6) is -0.539. The van der Waals surface area contributed by atoms with Crippen molar-refractivity contribution in [1.82, 2.24) is 4.90 Å². The number of piperidine rings is 1. The summed E-state index contributed by atoms with van der Waals surface area (Å²) >= 11 is 0. The van der Waals surface area contributed by atoms with E-state index in [0.29, 0.717) is 19.4 Å². The number of nitrogens with zero attached hydrogens (tertiary/aromatic N) is 1. The Hall–Kier alpha value is -1.60. The average molecular weight is 345 g/mol. The summed E-state index contributed by atoms with van der Waals surface area (Å²) in [4.78, 5) is 13.8. The molecule has 1 saturated heterocycles. The Labute approximate surface area is 138 Å². The molecular formula is C17H22F3NO3. The Bertz CT molecular complexity index is 591. The van der Waals surface area contributed by atoms with E-state index in [1.807, 2.05) is 6.92 Å². The summed E-state index contributed by atoms with van der Waals surface area (Å²) in [6.45, 7) is 2.08. The molecule has 0 bridgehead atoms. The van der Waals surface area contributed by atoms with Gasteiger partial charge in [-0.25, -0.2) is 0 Å². The topological polar surface area (TPSA) is 60.8 Å². The van der Waals surface area contributed by atoms with E-state index in [9.17, 15) is 28.2 Å². The highest BCUT2D eigenvalue weighted by Crippen LogP contribution is 2.36. The Morgan fingerprint density at radius 3 is 2.67 bits per heavy atom. The van der Waals surface area contributed by atoms with Gasteiger partial charge >= 0.3 is 6.18 Å². The van der Waals surface area contributed by atoms with Crippen molar-refractivity contribution in [3.63, 3.8) is 0 Å². The molecule has 2 atom stereocenters. The van der Waals surface area contributed by atoms with Crippen molar-refractivity contribution in [2.45, 2.75) is 38.5 Å². The average Bonchev–Trinajstić information content (AvgIpc) is 2.55. The maximum Gasteiger partial charge on any atom is 0.416 e. The molecule has 0 aromatic heterocycles. The number of aliphatic hydroxyl groups is 2. The number of alkyl halides is 3. The number of carbonyl (C=O) groups excluding carboxylic acids is 1. The second kappa shape index (κ2) is 7.11. The SMILES string of the molecule is CCC[C@]1(CO)CCN(C(=O)c2cccc(C(F)(F)F)c2)C[C@@H]1O. The van der Waals surface area contributed by atoms with Gasteiger partial charge in [0.05, 0.1) is 18.3 Å². The van der Waals surface area contributed by atoms with Gasteiger partial charge in [-0.2, -0.15) is 13.2 Å². The molecule has 0 radical (unpaired) electrons. The number of hydrogen-bond acceptors (Lipinski definition) is 3. The number of halogens is 3. The molecule has 7 heteroatoms. The summed E-state index contributed by atoms with van der Waals surface area (Å²) in [6.07, 6.45) is -3.56. The highest BCUT2D eigenvalue weighted by Gasteiger charge is 2.42. The van der Waals surface area contributed by atoms with Crippen LogP contribution in [0.4, 0.5) is 13.2 Å². The van der Waals surface area contributed by atoms with Crippen molar-refractivity contribution in [1.29, 1.82) is 0 Å². The first-order valence-corrected chi connectivity index (χ1v) is 7.99. The van der Waals surface area contributed by atoms with Crippen molar-refractivity contribution in [2.24, 2.45) is 5.41 Å². The van der Waals surface area contributed by atoms with Gasteiger partial charge in [0.2, 0.25) is 0 Å². The molecule has 1 aliphatic heterocycles. The zero-order chi connectivity index (χ0) is 18.0. The van der Waals surface area contributed by atoms with Crippen molar-refractivity contribution in [3.8, 4) is 0 Å². The first-order valence-electron chi connectivity index (χ1n) is 7.99. The van der Waals surface area contributed by atoms with Crippen LogP contribution in [0, 0.1) is 5.41 Å². The van der Waals surface area contributed by atoms with E-state index < -0.39 is 29.2 Å². The number of carbonyl (C=O) groups is 1. The van der Waals surface area contributed by atoms with Gasteiger partial charge in [0, 0.05) is 24.1 Å². The van der Waals surface area contributed by atoms with Crippen molar-refractivity contribution < 1.29 is 28.2 Å². The van der Waals surface area contributed by atoms with Crippen molar-refractivity contribution >= 4 is 5.91 Å². The van der Waals surface area contributed by atoms with Crippen LogP contribution in [0.5, 0.6) is 0 Å². The van der Waals surface area contributed by atoms with Crippen LogP contribution in [-0.2, 0) is 6.18 Å². The predicted molar refractivity (Wildman–Crippen MR) is 82.4 cm³/mol. The lowest BCUT2D eigenvalue weighted by atomic mass is 9.73. The van der Waals surface area contributed by atoms with Gasteiger partial charge in [-0.3, -0.25) is 4.79 Å². The molecule has 0 spiro atoms. The Morgan fingerprint density at radius 1 is 1.42 bits per heavy atom. The fraction of sp³-hybridized carbons (Fsp3) is 0.588. The lowest BCUT2D eigenvalue weighted by molar-refractivity contribution is -0.137. The molecule has 1 aromatic carbocycles. The molecule has 4 nitrogen and oxygen atoms in total. The molecule has 134 valence electrons. The molecule has 1 aromatic rings. The van der Waals surface area contributed by atoms with Crippen LogP contribution in [-0.4, -0.2) is 46.8 Å². The molecule has 0 aliphatic carbocycles. The zero-order valence-electron chi connectivity index (χ0n) is 13.5. The molecule has 1 aliphatic rings. The quantitative estimate of drug-likeness (QED) is 0.882. The highest BCUT2D eigenvalue weighted by molar-refractivity contribution is 5.94. The number of amides is 1. The minimum absolute atomic E-state index is 0.00956. The van der Waals surface area contributed by atoms with Crippen LogP contribution in [0.3, 0.4) is 0 Å². The molecule has 2 N–H and O–H groups in total. The smallest absolute Gasteiger partial charge is 0.396 e. The van der Waals surface area contributed by atoms with Gasteiger partial charge in [-0.1, -0.05) is 19.4 Å². The number of rotatable bonds is 4. The fourth-order valence-electron chi connectivity index (χ4n) is 3.27. The largest absolute Gasteiger partial charge is 0.416 e. The molecule has 2 rings (SSSR count). The number of hydrogen-bond donors (Lipinski definition) is 2. The Kier molecular flexibility index (Phi) is 5.55. The van der Waals surface area contributed by atoms with E-state index >= 15 is 0 Å². The third-order valence-corrected chi connectivity index (χ3v) is 4.77. The third kappa shape index (κ3) is 3.72. The van der Waals surface area contributed by atoms with Crippen molar-refractivity contribution in [3.05, 3.63) is 35.4 Å². The molecular weight excluding hydrogens is 323 g/mol. The second-order valence-corrected chi connectivity index (χ2v) is 6.37.